The van der Waals surface area contributed by atoms with E-state index in [9.17, 15) is 4.79 Å². The van der Waals surface area contributed by atoms with E-state index in [-0.39, 0.29) is 5.91 Å². The molecule has 4 aromatic rings. The number of hydrogen-bond acceptors (Lipinski definition) is 7. The molecule has 2 aliphatic rings. The van der Waals surface area contributed by atoms with Gasteiger partial charge in [0.15, 0.2) is 12.2 Å². The first-order chi connectivity index (χ1) is 15.6. The molecule has 1 aromatic carbocycles. The van der Waals surface area contributed by atoms with Gasteiger partial charge in [0.25, 0.3) is 11.0 Å². The van der Waals surface area contributed by atoms with Crippen LogP contribution in [0, 0.1) is 0 Å². The molecule has 0 spiro atoms. The first kappa shape index (κ1) is 20.1. The average molecular weight is 467 g/mol. The Morgan fingerprint density at radius 3 is 2.78 bits per heavy atom. The van der Waals surface area contributed by atoms with E-state index < -0.39 is 0 Å². The number of carbonyl (C=O) groups is 1. The molecule has 1 unspecified atom stereocenters. The van der Waals surface area contributed by atoms with Crippen molar-refractivity contribution >= 4 is 50.0 Å². The third kappa shape index (κ3) is 3.46. The number of aromatic nitrogens is 5. The number of thiazole rings is 1. The maximum absolute atomic E-state index is 11.9. The number of amides is 1. The lowest BCUT2D eigenvalue weighted by Gasteiger charge is -2.33. The highest BCUT2D eigenvalue weighted by Crippen LogP contribution is 2.43. The SMILES string of the molecule is CC[N+](CC(N)=O)(c1nc2ccc(Sc3nnc4ccc(C5CC5)nn34)cc2s1)C1CC1. The van der Waals surface area contributed by atoms with Crippen LogP contribution in [0.5, 0.6) is 0 Å². The zero-order valence-corrected chi connectivity index (χ0v) is 19.4. The average Bonchev–Trinajstić information content (AvgIpc) is 3.72. The van der Waals surface area contributed by atoms with E-state index in [1.165, 1.54) is 12.8 Å². The number of benzene rings is 1. The fraction of sp³-hybridized carbons (Fsp3) is 0.409. The largest absolute Gasteiger partial charge is 0.365 e. The van der Waals surface area contributed by atoms with Crippen LogP contribution in [0.3, 0.4) is 0 Å². The minimum absolute atomic E-state index is 0.272. The summed E-state index contributed by atoms with van der Waals surface area (Å²) in [6, 6.07) is 10.8. The van der Waals surface area contributed by atoms with Crippen molar-refractivity contribution in [1.82, 2.24) is 29.3 Å². The van der Waals surface area contributed by atoms with Crippen LogP contribution in [0.25, 0.3) is 15.9 Å². The Hall–Kier alpha value is -2.56. The van der Waals surface area contributed by atoms with Gasteiger partial charge >= 0.3 is 0 Å². The van der Waals surface area contributed by atoms with Gasteiger partial charge in [-0.2, -0.15) is 14.6 Å². The molecule has 0 bridgehead atoms. The summed E-state index contributed by atoms with van der Waals surface area (Å²) < 4.78 is 3.52. The summed E-state index contributed by atoms with van der Waals surface area (Å²) in [5, 5.41) is 15.1. The molecule has 0 saturated heterocycles. The maximum Gasteiger partial charge on any atom is 0.287 e. The van der Waals surface area contributed by atoms with Crippen molar-refractivity contribution in [2.24, 2.45) is 5.73 Å². The summed E-state index contributed by atoms with van der Waals surface area (Å²) in [6.07, 6.45) is 4.66. The molecule has 2 aliphatic carbocycles. The Labute approximate surface area is 193 Å². The molecule has 0 aliphatic heterocycles. The molecular weight excluding hydrogens is 442 g/mol. The molecule has 164 valence electrons. The number of fused-ring (bicyclic) bond motifs is 2. The molecule has 2 N–H and O–H groups in total. The number of quaternary nitrogens is 1. The molecular formula is C22H24N7OS2+. The molecule has 10 heteroatoms. The minimum atomic E-state index is -0.272. The molecule has 1 amide bonds. The van der Waals surface area contributed by atoms with Gasteiger partial charge in [-0.05, 0) is 61.9 Å². The Bertz CT molecular complexity index is 1340. The quantitative estimate of drug-likeness (QED) is 0.397. The Balaban J connectivity index is 1.34. The van der Waals surface area contributed by atoms with Gasteiger partial charge < -0.3 is 5.73 Å². The molecule has 8 nitrogen and oxygen atoms in total. The van der Waals surface area contributed by atoms with Gasteiger partial charge in [-0.3, -0.25) is 9.28 Å². The van der Waals surface area contributed by atoms with Crippen LogP contribution >= 0.6 is 23.1 Å². The number of primary amides is 1. The highest BCUT2D eigenvalue weighted by atomic mass is 32.2. The first-order valence-corrected chi connectivity index (χ1v) is 12.7. The highest BCUT2D eigenvalue weighted by Gasteiger charge is 2.48. The van der Waals surface area contributed by atoms with Crippen molar-refractivity contribution in [3.05, 3.63) is 36.0 Å². The van der Waals surface area contributed by atoms with Crippen molar-refractivity contribution in [3.8, 4) is 0 Å². The fourth-order valence-corrected chi connectivity index (χ4v) is 6.57. The predicted molar refractivity (Wildman–Crippen MR) is 126 cm³/mol. The zero-order chi connectivity index (χ0) is 21.9. The van der Waals surface area contributed by atoms with Crippen LogP contribution in [0.2, 0.25) is 0 Å². The standard InChI is InChI=1S/C22H23N7OS2/c1-2-29(12-19(23)30,14-5-6-14)22-24-17-8-7-15(11-18(17)32-22)31-21-26-25-20-10-9-16(13-3-4-13)27-28(20)21/h7-11,13-14H,2-6,12H2,1H3,(H-,23,30)/p+1. The molecule has 32 heavy (non-hydrogen) atoms. The lowest BCUT2D eigenvalue weighted by molar-refractivity contribution is -0.119. The van der Waals surface area contributed by atoms with Crippen LogP contribution < -0.4 is 10.2 Å². The smallest absolute Gasteiger partial charge is 0.287 e. The van der Waals surface area contributed by atoms with Gasteiger partial charge in [0, 0.05) is 23.7 Å². The molecule has 2 saturated carbocycles. The number of nitrogens with two attached hydrogens (primary N) is 1. The van der Waals surface area contributed by atoms with Gasteiger partial charge in [-0.15, -0.1) is 10.2 Å². The topological polar surface area (TPSA) is 99.1 Å². The number of hydrogen-bond donors (Lipinski definition) is 1. The second-order valence-electron chi connectivity index (χ2n) is 8.72. The van der Waals surface area contributed by atoms with Crippen molar-refractivity contribution in [3.63, 3.8) is 0 Å². The molecule has 6 rings (SSSR count). The molecule has 2 fully saturated rings. The summed E-state index contributed by atoms with van der Waals surface area (Å²) in [6.45, 7) is 3.24. The number of likely N-dealkylation sites (N-methyl/N-ethyl adjacent to an activating group) is 1. The number of nitrogens with zero attached hydrogens (tertiary/aromatic N) is 6. The maximum atomic E-state index is 11.9. The van der Waals surface area contributed by atoms with Gasteiger partial charge in [0.1, 0.15) is 0 Å². The lowest BCUT2D eigenvalue weighted by Crippen LogP contribution is -2.55. The normalized spacial score (nSPS) is 18.3. The van der Waals surface area contributed by atoms with E-state index in [0.717, 1.165) is 56.1 Å². The summed E-state index contributed by atoms with van der Waals surface area (Å²) in [7, 11) is 0. The van der Waals surface area contributed by atoms with Crippen LogP contribution in [0.15, 0.2) is 40.4 Å². The summed E-state index contributed by atoms with van der Waals surface area (Å²) in [5.41, 5.74) is 8.46. The molecule has 1 atom stereocenters. The monoisotopic (exact) mass is 466 g/mol. The van der Waals surface area contributed by atoms with Crippen molar-refractivity contribution < 1.29 is 4.79 Å². The van der Waals surface area contributed by atoms with Gasteiger partial charge in [-0.25, -0.2) is 0 Å². The van der Waals surface area contributed by atoms with Gasteiger partial charge in [0.05, 0.1) is 28.5 Å². The Kier molecular flexibility index (Phi) is 4.70. The van der Waals surface area contributed by atoms with E-state index in [4.69, 9.17) is 15.8 Å². The van der Waals surface area contributed by atoms with Crippen molar-refractivity contribution in [1.29, 1.82) is 0 Å². The van der Waals surface area contributed by atoms with Crippen molar-refractivity contribution in [2.45, 2.75) is 54.6 Å². The zero-order valence-electron chi connectivity index (χ0n) is 17.8. The Morgan fingerprint density at radius 1 is 1.22 bits per heavy atom. The van der Waals surface area contributed by atoms with Crippen LogP contribution in [0.1, 0.15) is 44.2 Å². The lowest BCUT2D eigenvalue weighted by atomic mass is 10.3. The van der Waals surface area contributed by atoms with Crippen LogP contribution in [-0.2, 0) is 4.79 Å². The van der Waals surface area contributed by atoms with Gasteiger partial charge in [-0.1, -0.05) is 11.3 Å². The third-order valence-corrected chi connectivity index (χ3v) is 8.55. The van der Waals surface area contributed by atoms with Crippen LogP contribution in [-0.4, -0.2) is 49.8 Å². The predicted octanol–water partition coefficient (Wildman–Crippen LogP) is 3.74. The molecule has 3 heterocycles. The van der Waals surface area contributed by atoms with E-state index in [0.29, 0.717) is 23.0 Å². The summed E-state index contributed by atoms with van der Waals surface area (Å²) in [5.74, 6) is 0.307. The minimum Gasteiger partial charge on any atom is -0.365 e. The second kappa shape index (κ2) is 7.50. The van der Waals surface area contributed by atoms with Crippen molar-refractivity contribution in [2.75, 3.05) is 13.1 Å². The van der Waals surface area contributed by atoms with E-state index >= 15 is 0 Å². The van der Waals surface area contributed by atoms with Crippen LogP contribution in [0.4, 0.5) is 5.13 Å². The number of carbonyl (C=O) groups excluding carboxylic acids is 1. The fourth-order valence-electron chi connectivity index (χ4n) is 4.40. The molecule has 3 aromatic heterocycles. The summed E-state index contributed by atoms with van der Waals surface area (Å²) >= 11 is 3.22. The first-order valence-electron chi connectivity index (χ1n) is 11.0. The molecule has 0 radical (unpaired) electrons. The summed E-state index contributed by atoms with van der Waals surface area (Å²) in [4.78, 5) is 17.9. The van der Waals surface area contributed by atoms with Gasteiger partial charge in [0.2, 0.25) is 5.16 Å². The number of rotatable bonds is 8. The van der Waals surface area contributed by atoms with E-state index in [1.54, 1.807) is 23.1 Å². The van der Waals surface area contributed by atoms with E-state index in [1.807, 2.05) is 16.6 Å². The highest BCUT2D eigenvalue weighted by molar-refractivity contribution is 7.99. The Morgan fingerprint density at radius 2 is 2.06 bits per heavy atom. The van der Waals surface area contributed by atoms with E-state index in [2.05, 4.69) is 35.3 Å². The second-order valence-corrected chi connectivity index (χ2v) is 10.8. The third-order valence-electron chi connectivity index (χ3n) is 6.44.